The summed E-state index contributed by atoms with van der Waals surface area (Å²) in [5.41, 5.74) is -1.69. The maximum atomic E-state index is 14.0. The minimum atomic E-state index is -4.61. The van der Waals surface area contributed by atoms with E-state index in [1.807, 2.05) is 0 Å². The van der Waals surface area contributed by atoms with Crippen molar-refractivity contribution in [1.82, 2.24) is 0 Å². The summed E-state index contributed by atoms with van der Waals surface area (Å²) in [6.07, 6.45) is -7.66. The van der Waals surface area contributed by atoms with Crippen molar-refractivity contribution in [2.75, 3.05) is 10.8 Å². The van der Waals surface area contributed by atoms with E-state index < -0.39 is 39.3 Å². The summed E-state index contributed by atoms with van der Waals surface area (Å²) in [4.78, 5) is -0.340. The first kappa shape index (κ1) is 22.9. The van der Waals surface area contributed by atoms with E-state index >= 15 is 0 Å². The minimum Gasteiger partial charge on any atom is -0.266 e. The Balaban J connectivity index is 1.78. The van der Waals surface area contributed by atoms with Crippen molar-refractivity contribution in [2.45, 2.75) is 54.8 Å². The van der Waals surface area contributed by atoms with Crippen LogP contribution in [0.4, 0.5) is 32.0 Å². The maximum absolute atomic E-state index is 14.0. The Morgan fingerprint density at radius 2 is 1.53 bits per heavy atom. The van der Waals surface area contributed by atoms with Gasteiger partial charge in [0.25, 0.3) is 10.0 Å². The molecule has 3 nitrogen and oxygen atoms in total. The Labute approximate surface area is 182 Å². The Morgan fingerprint density at radius 3 is 2.16 bits per heavy atom. The summed E-state index contributed by atoms with van der Waals surface area (Å²) < 4.78 is 108. The third-order valence-electron chi connectivity index (χ3n) is 6.67. The number of rotatable bonds is 2. The topological polar surface area (TPSA) is 37.4 Å². The number of benzene rings is 2. The monoisotopic (exact) mass is 477 g/mol. The van der Waals surface area contributed by atoms with E-state index in [1.54, 1.807) is 18.2 Å². The molecule has 0 amide bonds. The van der Waals surface area contributed by atoms with Gasteiger partial charge in [-0.3, -0.25) is 4.31 Å². The first-order valence-corrected chi connectivity index (χ1v) is 11.7. The number of hydrogen-bond acceptors (Lipinski definition) is 2. The van der Waals surface area contributed by atoms with Crippen LogP contribution in [0.25, 0.3) is 0 Å². The summed E-state index contributed by atoms with van der Waals surface area (Å²) in [7, 11) is -4.26. The highest BCUT2D eigenvalue weighted by molar-refractivity contribution is 7.92. The van der Waals surface area contributed by atoms with Gasteiger partial charge in [0.2, 0.25) is 0 Å². The van der Waals surface area contributed by atoms with E-state index in [0.717, 1.165) is 16.4 Å². The van der Waals surface area contributed by atoms with Crippen molar-refractivity contribution in [2.24, 2.45) is 5.92 Å². The summed E-state index contributed by atoms with van der Waals surface area (Å²) in [5.74, 6) is -1.57. The lowest BCUT2D eigenvalue weighted by Crippen LogP contribution is -2.52. The zero-order chi connectivity index (χ0) is 23.4. The van der Waals surface area contributed by atoms with Gasteiger partial charge in [-0.05, 0) is 55.2 Å². The highest BCUT2D eigenvalue weighted by Crippen LogP contribution is 2.57. The van der Waals surface area contributed by atoms with E-state index in [0.29, 0.717) is 37.0 Å². The second kappa shape index (κ2) is 7.67. The number of hydrogen-bond donors (Lipinski definition) is 0. The number of sulfonamides is 1. The van der Waals surface area contributed by atoms with Crippen LogP contribution >= 0.6 is 0 Å². The van der Waals surface area contributed by atoms with Crippen LogP contribution < -0.4 is 4.31 Å². The lowest BCUT2D eigenvalue weighted by atomic mass is 9.59. The van der Waals surface area contributed by atoms with Gasteiger partial charge in [-0.2, -0.15) is 26.3 Å². The smallest absolute Gasteiger partial charge is 0.266 e. The molecule has 1 spiro atoms. The highest BCUT2D eigenvalue weighted by atomic mass is 32.2. The van der Waals surface area contributed by atoms with Crippen molar-refractivity contribution in [1.29, 1.82) is 0 Å². The zero-order valence-electron chi connectivity index (χ0n) is 16.9. The molecule has 10 heteroatoms. The largest absolute Gasteiger partial charge is 0.416 e. The highest BCUT2D eigenvalue weighted by Gasteiger charge is 2.57. The number of halogens is 6. The van der Waals surface area contributed by atoms with Crippen LogP contribution in [-0.2, 0) is 21.6 Å². The first-order valence-electron chi connectivity index (χ1n) is 10.2. The number of anilines is 1. The Morgan fingerprint density at radius 1 is 0.875 bits per heavy atom. The van der Waals surface area contributed by atoms with Crippen LogP contribution in [0.15, 0.2) is 53.4 Å². The number of para-hydroxylation sites is 1. The van der Waals surface area contributed by atoms with E-state index in [9.17, 15) is 34.8 Å². The summed E-state index contributed by atoms with van der Waals surface area (Å²) in [6.45, 7) is -0.174. The quantitative estimate of drug-likeness (QED) is 0.477. The number of alkyl halides is 6. The third kappa shape index (κ3) is 3.76. The van der Waals surface area contributed by atoms with Crippen molar-refractivity contribution in [3.8, 4) is 0 Å². The molecule has 4 rings (SSSR count). The van der Waals surface area contributed by atoms with Gasteiger partial charge in [0.05, 0.1) is 22.1 Å². The first-order chi connectivity index (χ1) is 14.9. The molecular formula is C22H21F6NO2S. The summed E-state index contributed by atoms with van der Waals surface area (Å²) in [6, 6.07) is 9.30. The molecule has 1 aliphatic carbocycles. The molecule has 1 fully saturated rings. The van der Waals surface area contributed by atoms with Gasteiger partial charge in [0, 0.05) is 12.0 Å². The van der Waals surface area contributed by atoms with Crippen LogP contribution in [0.2, 0.25) is 0 Å². The van der Waals surface area contributed by atoms with Gasteiger partial charge in [0.15, 0.2) is 0 Å². The molecule has 2 aliphatic rings. The lowest BCUT2D eigenvalue weighted by Gasteiger charge is -2.50. The SMILES string of the molecule is O=S(=O)(c1ccc(C(F)(F)F)cc1)N1CCC2(CCCCC2C(F)(F)F)c2ccccc21. The molecular weight excluding hydrogens is 456 g/mol. The fraction of sp³-hybridized carbons (Fsp3) is 0.455. The molecule has 1 heterocycles. The van der Waals surface area contributed by atoms with Crippen LogP contribution in [0.3, 0.4) is 0 Å². The average Bonchev–Trinajstić information content (AvgIpc) is 2.73. The molecule has 0 radical (unpaired) electrons. The molecule has 2 atom stereocenters. The van der Waals surface area contributed by atoms with E-state index in [1.165, 1.54) is 6.07 Å². The molecule has 0 N–H and O–H groups in total. The summed E-state index contributed by atoms with van der Waals surface area (Å²) in [5, 5.41) is 0. The maximum Gasteiger partial charge on any atom is 0.416 e. The third-order valence-corrected chi connectivity index (χ3v) is 8.50. The predicted molar refractivity (Wildman–Crippen MR) is 107 cm³/mol. The zero-order valence-corrected chi connectivity index (χ0v) is 17.7. The fourth-order valence-electron chi connectivity index (χ4n) is 5.20. The number of fused-ring (bicyclic) bond motifs is 2. The second-order valence-electron chi connectivity index (χ2n) is 8.36. The molecule has 2 aromatic carbocycles. The molecule has 32 heavy (non-hydrogen) atoms. The minimum absolute atomic E-state index is 0.00590. The molecule has 1 saturated carbocycles. The van der Waals surface area contributed by atoms with Crippen LogP contribution in [0.1, 0.15) is 43.2 Å². The Bertz CT molecular complexity index is 1090. The molecule has 2 aromatic rings. The van der Waals surface area contributed by atoms with Crippen LogP contribution in [0, 0.1) is 5.92 Å². The van der Waals surface area contributed by atoms with E-state index in [-0.39, 0.29) is 30.0 Å². The normalized spacial score (nSPS) is 24.4. The second-order valence-corrected chi connectivity index (χ2v) is 10.2. The van der Waals surface area contributed by atoms with E-state index in [4.69, 9.17) is 0 Å². The molecule has 174 valence electrons. The predicted octanol–water partition coefficient (Wildman–Crippen LogP) is 6.29. The van der Waals surface area contributed by atoms with Gasteiger partial charge in [0.1, 0.15) is 0 Å². The van der Waals surface area contributed by atoms with Crippen molar-refractivity contribution in [3.05, 3.63) is 59.7 Å². The summed E-state index contributed by atoms with van der Waals surface area (Å²) >= 11 is 0. The Hall–Kier alpha value is -2.23. The van der Waals surface area contributed by atoms with Crippen molar-refractivity contribution in [3.63, 3.8) is 0 Å². The molecule has 0 saturated heterocycles. The van der Waals surface area contributed by atoms with Crippen molar-refractivity contribution < 1.29 is 34.8 Å². The van der Waals surface area contributed by atoms with Gasteiger partial charge >= 0.3 is 12.4 Å². The number of nitrogens with zero attached hydrogens (tertiary/aromatic N) is 1. The Kier molecular flexibility index (Phi) is 5.50. The van der Waals surface area contributed by atoms with E-state index in [2.05, 4.69) is 0 Å². The van der Waals surface area contributed by atoms with Gasteiger partial charge in [-0.1, -0.05) is 31.0 Å². The van der Waals surface area contributed by atoms with Gasteiger partial charge in [-0.15, -0.1) is 0 Å². The van der Waals surface area contributed by atoms with Crippen LogP contribution in [-0.4, -0.2) is 21.1 Å². The molecule has 1 aliphatic heterocycles. The molecule has 0 bridgehead atoms. The fourth-order valence-corrected chi connectivity index (χ4v) is 6.68. The van der Waals surface area contributed by atoms with Gasteiger partial charge in [-0.25, -0.2) is 8.42 Å². The van der Waals surface area contributed by atoms with Gasteiger partial charge < -0.3 is 0 Å². The van der Waals surface area contributed by atoms with Crippen LogP contribution in [0.5, 0.6) is 0 Å². The molecule has 0 aromatic heterocycles. The van der Waals surface area contributed by atoms with Crippen molar-refractivity contribution >= 4 is 15.7 Å². The molecule has 2 unspecified atom stereocenters. The average molecular weight is 477 g/mol. The standard InChI is InChI=1S/C22H21F6NO2S/c23-21(24,25)15-8-10-16(11-9-15)32(30,31)29-14-13-20(17-5-1-2-6-18(17)29)12-4-3-7-19(20)22(26,27)28/h1-2,5-6,8-11,19H,3-4,7,12-14H2. The lowest BCUT2D eigenvalue weighted by molar-refractivity contribution is -0.203.